The molecule has 4 N–H and O–H groups in total. The molecule has 3 atom stereocenters. The van der Waals surface area contributed by atoms with Gasteiger partial charge in [0.2, 0.25) is 11.8 Å². The monoisotopic (exact) mass is 437 g/mol. The fourth-order valence-corrected chi connectivity index (χ4v) is 4.38. The Hall–Kier alpha value is -3.07. The molecule has 2 heterocycles. The minimum Gasteiger partial charge on any atom is -0.374 e. The second-order valence-electron chi connectivity index (χ2n) is 8.50. The lowest BCUT2D eigenvalue weighted by atomic mass is 9.88. The van der Waals surface area contributed by atoms with Crippen LogP contribution in [-0.4, -0.2) is 38.4 Å². The van der Waals surface area contributed by atoms with Crippen LogP contribution in [0.25, 0.3) is 0 Å². The van der Waals surface area contributed by atoms with Gasteiger partial charge in [0, 0.05) is 29.7 Å². The van der Waals surface area contributed by atoms with Crippen molar-refractivity contribution < 1.29 is 24.6 Å². The van der Waals surface area contributed by atoms with Crippen molar-refractivity contribution in [3.63, 3.8) is 0 Å². The van der Waals surface area contributed by atoms with Crippen molar-refractivity contribution >= 4 is 17.7 Å². The Morgan fingerprint density at radius 1 is 1.09 bits per heavy atom. The molecule has 0 bridgehead atoms. The highest BCUT2D eigenvalue weighted by Crippen LogP contribution is 2.46. The Bertz CT molecular complexity index is 1070. The summed E-state index contributed by atoms with van der Waals surface area (Å²) in [6.07, 6.45) is -1.19. The number of imide groups is 1. The maximum absolute atomic E-state index is 12.5. The van der Waals surface area contributed by atoms with Crippen LogP contribution in [0, 0.1) is 0 Å². The Morgan fingerprint density at radius 3 is 2.41 bits per heavy atom. The Morgan fingerprint density at radius 2 is 1.75 bits per heavy atom. The molecule has 168 valence electrons. The van der Waals surface area contributed by atoms with Crippen LogP contribution >= 0.6 is 0 Å². The van der Waals surface area contributed by atoms with Crippen LogP contribution in [0.2, 0.25) is 0 Å². The van der Waals surface area contributed by atoms with E-state index >= 15 is 0 Å². The van der Waals surface area contributed by atoms with Crippen molar-refractivity contribution in [2.24, 2.45) is 0 Å². The zero-order valence-corrected chi connectivity index (χ0v) is 18.1. The number of piperidine rings is 1. The maximum atomic E-state index is 12.5. The minimum atomic E-state index is -1.23. The van der Waals surface area contributed by atoms with Crippen LogP contribution in [0.5, 0.6) is 0 Å². The van der Waals surface area contributed by atoms with Crippen molar-refractivity contribution in [2.75, 3.05) is 0 Å². The number of carbonyl (C=O) groups is 3. The molecule has 2 aliphatic rings. The number of nitrogens with zero attached hydrogens (tertiary/aromatic N) is 1. The molecule has 0 aliphatic carbocycles. The first-order valence-electron chi connectivity index (χ1n) is 10.7. The molecular formula is C24H27N3O5. The number of aliphatic hydroxyl groups excluding tert-OH is 2. The van der Waals surface area contributed by atoms with Gasteiger partial charge in [-0.05, 0) is 49.1 Å². The molecule has 32 heavy (non-hydrogen) atoms. The van der Waals surface area contributed by atoms with Crippen molar-refractivity contribution in [2.45, 2.75) is 57.6 Å². The number of aryl methyl sites for hydroxylation is 1. The lowest BCUT2D eigenvalue weighted by molar-refractivity contribution is -0.172. The Balaban J connectivity index is 1.49. The van der Waals surface area contributed by atoms with Crippen LogP contribution in [-0.2, 0) is 22.6 Å². The predicted molar refractivity (Wildman–Crippen MR) is 116 cm³/mol. The second kappa shape index (κ2) is 8.46. The molecule has 8 nitrogen and oxygen atoms in total. The molecule has 1 saturated heterocycles. The molecule has 3 amide bonds. The number of aliphatic hydroxyl groups is 2. The minimum absolute atomic E-state index is 0.130. The van der Waals surface area contributed by atoms with E-state index in [0.29, 0.717) is 16.7 Å². The van der Waals surface area contributed by atoms with Crippen molar-refractivity contribution in [1.82, 2.24) is 15.5 Å². The highest BCUT2D eigenvalue weighted by Gasteiger charge is 2.52. The van der Waals surface area contributed by atoms with Gasteiger partial charge in [-0.1, -0.05) is 31.2 Å². The summed E-state index contributed by atoms with van der Waals surface area (Å²) in [7, 11) is 0. The molecule has 0 saturated carbocycles. The van der Waals surface area contributed by atoms with E-state index in [0.717, 1.165) is 17.5 Å². The van der Waals surface area contributed by atoms with Gasteiger partial charge in [0.1, 0.15) is 18.0 Å². The summed E-state index contributed by atoms with van der Waals surface area (Å²) >= 11 is 0. The first-order chi connectivity index (χ1) is 15.2. The molecule has 0 aromatic heterocycles. The molecular weight excluding hydrogens is 410 g/mol. The molecule has 1 fully saturated rings. The molecule has 2 aromatic rings. The van der Waals surface area contributed by atoms with Crippen LogP contribution in [0.1, 0.15) is 71.8 Å². The lowest BCUT2D eigenvalue weighted by Gasteiger charge is -2.42. The summed E-state index contributed by atoms with van der Waals surface area (Å²) in [6, 6.07) is 12.6. The van der Waals surface area contributed by atoms with Crippen molar-refractivity contribution in [3.05, 3.63) is 70.3 Å². The average Bonchev–Trinajstić information content (AvgIpc) is 3.05. The van der Waals surface area contributed by atoms with E-state index in [1.165, 1.54) is 4.90 Å². The Labute approximate surface area is 186 Å². The fourth-order valence-electron chi connectivity index (χ4n) is 4.38. The third-order valence-electron chi connectivity index (χ3n) is 6.46. The number of rotatable bonds is 5. The van der Waals surface area contributed by atoms with Gasteiger partial charge >= 0.3 is 0 Å². The SMILES string of the molecule is CCc1ccc(C(=O)NCc2ccc3c(c2)C(O)N([C@@]2(C)CCC(=O)NC2=O)C3O)cc1. The van der Waals surface area contributed by atoms with Gasteiger partial charge in [-0.3, -0.25) is 19.7 Å². The average molecular weight is 437 g/mol. The molecule has 8 heteroatoms. The van der Waals surface area contributed by atoms with Gasteiger partial charge in [0.25, 0.3) is 5.91 Å². The molecule has 2 aromatic carbocycles. The van der Waals surface area contributed by atoms with Gasteiger partial charge < -0.3 is 15.5 Å². The van der Waals surface area contributed by atoms with Gasteiger partial charge in [0.15, 0.2) is 0 Å². The van der Waals surface area contributed by atoms with E-state index in [-0.39, 0.29) is 31.2 Å². The molecule has 2 unspecified atom stereocenters. The lowest BCUT2D eigenvalue weighted by Crippen LogP contribution is -2.61. The number of amides is 3. The third-order valence-corrected chi connectivity index (χ3v) is 6.46. The first kappa shape index (κ1) is 22.1. The van der Waals surface area contributed by atoms with Crippen LogP contribution in [0.3, 0.4) is 0 Å². The highest BCUT2D eigenvalue weighted by molar-refractivity contribution is 6.02. The van der Waals surface area contributed by atoms with Crippen molar-refractivity contribution in [3.8, 4) is 0 Å². The smallest absolute Gasteiger partial charge is 0.251 e. The van der Waals surface area contributed by atoms with Gasteiger partial charge in [-0.25, -0.2) is 4.90 Å². The standard InChI is InChI=1S/C24H27N3O5/c1-3-14-4-7-16(8-5-14)20(29)25-13-15-6-9-17-18(12-15)22(31)27(21(17)30)24(2)11-10-19(28)26-23(24)32/h4-9,12,21-22,30-31H,3,10-11,13H2,1-2H3,(H,25,29)(H,26,28,32)/t21?,22?,24-/m0/s1. The number of fused-ring (bicyclic) bond motifs is 1. The highest BCUT2D eigenvalue weighted by atomic mass is 16.3. The summed E-state index contributed by atoms with van der Waals surface area (Å²) in [5.41, 5.74) is 2.21. The zero-order valence-electron chi connectivity index (χ0n) is 18.1. The number of hydrogen-bond donors (Lipinski definition) is 4. The quantitative estimate of drug-likeness (QED) is 0.529. The molecule has 4 rings (SSSR count). The number of nitrogens with one attached hydrogen (secondary N) is 2. The maximum Gasteiger partial charge on any atom is 0.251 e. The molecule has 2 aliphatic heterocycles. The summed E-state index contributed by atoms with van der Waals surface area (Å²) in [4.78, 5) is 37.9. The molecule has 0 spiro atoms. The largest absolute Gasteiger partial charge is 0.374 e. The van der Waals surface area contributed by atoms with Crippen LogP contribution in [0.4, 0.5) is 0 Å². The van der Waals surface area contributed by atoms with Gasteiger partial charge in [-0.2, -0.15) is 0 Å². The zero-order chi connectivity index (χ0) is 23.0. The normalized spacial score (nSPS) is 25.4. The summed E-state index contributed by atoms with van der Waals surface area (Å²) in [5.74, 6) is -1.11. The first-order valence-corrected chi connectivity index (χ1v) is 10.7. The number of hydrogen-bond acceptors (Lipinski definition) is 6. The molecule has 0 radical (unpaired) electrons. The Kier molecular flexibility index (Phi) is 5.85. The second-order valence-corrected chi connectivity index (χ2v) is 8.50. The van der Waals surface area contributed by atoms with Crippen molar-refractivity contribution in [1.29, 1.82) is 0 Å². The van der Waals surface area contributed by atoms with E-state index in [9.17, 15) is 24.6 Å². The fraction of sp³-hybridized carbons (Fsp3) is 0.375. The van der Waals surface area contributed by atoms with Gasteiger partial charge in [-0.15, -0.1) is 0 Å². The van der Waals surface area contributed by atoms with Crippen LogP contribution < -0.4 is 10.6 Å². The summed E-state index contributed by atoms with van der Waals surface area (Å²) in [6.45, 7) is 3.91. The third kappa shape index (κ3) is 3.81. The van der Waals surface area contributed by atoms with E-state index in [1.807, 2.05) is 12.1 Å². The van der Waals surface area contributed by atoms with Crippen LogP contribution in [0.15, 0.2) is 42.5 Å². The number of benzene rings is 2. The predicted octanol–water partition coefficient (Wildman–Crippen LogP) is 1.67. The summed E-state index contributed by atoms with van der Waals surface area (Å²) in [5, 5.41) is 27.0. The van der Waals surface area contributed by atoms with E-state index < -0.39 is 23.9 Å². The van der Waals surface area contributed by atoms with Gasteiger partial charge in [0.05, 0.1) is 0 Å². The van der Waals surface area contributed by atoms with E-state index in [4.69, 9.17) is 0 Å². The van der Waals surface area contributed by atoms with E-state index in [1.54, 1.807) is 37.3 Å². The van der Waals surface area contributed by atoms with E-state index in [2.05, 4.69) is 17.6 Å². The number of carbonyl (C=O) groups excluding carboxylic acids is 3. The topological polar surface area (TPSA) is 119 Å². The summed E-state index contributed by atoms with van der Waals surface area (Å²) < 4.78 is 0.